The number of nitrogens with one attached hydrogen (secondary N) is 2. The van der Waals surface area contributed by atoms with Gasteiger partial charge in [-0.15, -0.1) is 0 Å². The fraction of sp³-hybridized carbons (Fsp3) is 0.333. The molecule has 2 aromatic heterocycles. The Balaban J connectivity index is 1.29. The number of nitrogens with zero attached hydrogens (tertiary/aromatic N) is 4. The summed E-state index contributed by atoms with van der Waals surface area (Å²) in [6, 6.07) is 4.88. The highest BCUT2D eigenvalue weighted by molar-refractivity contribution is 8.18. The van der Waals surface area contributed by atoms with Crippen molar-refractivity contribution in [3.63, 3.8) is 0 Å². The smallest absolute Gasteiger partial charge is 0.337 e. The van der Waals surface area contributed by atoms with Crippen LogP contribution >= 0.6 is 11.8 Å². The van der Waals surface area contributed by atoms with Gasteiger partial charge in [-0.1, -0.05) is 0 Å². The quantitative estimate of drug-likeness (QED) is 0.532. The maximum absolute atomic E-state index is 11.7. The van der Waals surface area contributed by atoms with Gasteiger partial charge in [0.15, 0.2) is 0 Å². The molecule has 166 valence electrons. The Hall–Kier alpha value is -3.31. The molecule has 2 saturated heterocycles. The lowest BCUT2D eigenvalue weighted by atomic mass is 9.97. The number of anilines is 1. The molecule has 10 nitrogen and oxygen atoms in total. The molecule has 0 atom stereocenters. The highest BCUT2D eigenvalue weighted by Crippen LogP contribution is 2.26. The van der Waals surface area contributed by atoms with E-state index in [1.807, 2.05) is 0 Å². The van der Waals surface area contributed by atoms with E-state index in [9.17, 15) is 19.5 Å². The summed E-state index contributed by atoms with van der Waals surface area (Å²) < 4.78 is 0. The summed E-state index contributed by atoms with van der Waals surface area (Å²) in [5.74, 6) is -0.326. The molecule has 0 aliphatic carbocycles. The first-order valence-corrected chi connectivity index (χ1v) is 11.0. The first-order chi connectivity index (χ1) is 15.5. The monoisotopic (exact) mass is 454 g/mol. The summed E-state index contributed by atoms with van der Waals surface area (Å²) >= 11 is 0.862. The molecule has 4 heterocycles. The van der Waals surface area contributed by atoms with Crippen LogP contribution in [0.5, 0.6) is 0 Å². The van der Waals surface area contributed by atoms with Crippen LogP contribution in [0.1, 0.15) is 34.6 Å². The number of carboxylic acid groups (broad SMARTS) is 1. The lowest BCUT2D eigenvalue weighted by molar-refractivity contribution is -0.115. The summed E-state index contributed by atoms with van der Waals surface area (Å²) in [5.41, 5.74) is 1.34. The predicted octanol–water partition coefficient (Wildman–Crippen LogP) is 1.90. The molecule has 11 heteroatoms. The Morgan fingerprint density at radius 1 is 1.25 bits per heavy atom. The number of aromatic carboxylic acids is 1. The lowest BCUT2D eigenvalue weighted by Gasteiger charge is -2.32. The minimum Gasteiger partial charge on any atom is -0.478 e. The number of hydrogen-bond donors (Lipinski definition) is 3. The van der Waals surface area contributed by atoms with Crippen LogP contribution in [0.4, 0.5) is 10.7 Å². The van der Waals surface area contributed by atoms with Gasteiger partial charge in [-0.2, -0.15) is 0 Å². The van der Waals surface area contributed by atoms with Crippen molar-refractivity contribution < 1.29 is 19.5 Å². The molecule has 2 aromatic rings. The molecule has 3 N–H and O–H groups in total. The third-order valence-electron chi connectivity index (χ3n) is 5.33. The molecule has 0 radical (unpaired) electrons. The van der Waals surface area contributed by atoms with Gasteiger partial charge in [0.1, 0.15) is 0 Å². The largest absolute Gasteiger partial charge is 0.478 e. The van der Waals surface area contributed by atoms with Crippen LogP contribution in [0.3, 0.4) is 0 Å². The van der Waals surface area contributed by atoms with E-state index in [2.05, 4.69) is 30.5 Å². The van der Waals surface area contributed by atoms with Crippen molar-refractivity contribution in [1.29, 1.82) is 0 Å². The van der Waals surface area contributed by atoms with Gasteiger partial charge in [-0.3, -0.25) is 19.9 Å². The van der Waals surface area contributed by atoms with Crippen molar-refractivity contribution in [1.82, 2.24) is 25.6 Å². The molecule has 2 fully saturated rings. The van der Waals surface area contributed by atoms with Gasteiger partial charge < -0.3 is 15.3 Å². The third kappa shape index (κ3) is 5.29. The zero-order chi connectivity index (χ0) is 22.5. The average molecular weight is 455 g/mol. The van der Waals surface area contributed by atoms with E-state index in [-0.39, 0.29) is 10.8 Å². The number of aromatic nitrogens is 3. The van der Waals surface area contributed by atoms with Gasteiger partial charge in [0.05, 0.1) is 21.9 Å². The zero-order valence-electron chi connectivity index (χ0n) is 17.2. The van der Waals surface area contributed by atoms with Crippen molar-refractivity contribution in [3.05, 3.63) is 52.4 Å². The molecule has 0 spiro atoms. The Bertz CT molecular complexity index is 1070. The summed E-state index contributed by atoms with van der Waals surface area (Å²) in [6.07, 6.45) is 6.73. The number of piperidine rings is 1. The second-order valence-corrected chi connectivity index (χ2v) is 8.51. The van der Waals surface area contributed by atoms with E-state index in [1.54, 1.807) is 36.7 Å². The number of imide groups is 1. The van der Waals surface area contributed by atoms with E-state index in [1.165, 1.54) is 0 Å². The van der Waals surface area contributed by atoms with Crippen molar-refractivity contribution >= 4 is 40.9 Å². The molecule has 2 aliphatic heterocycles. The number of amides is 2. The molecule has 32 heavy (non-hydrogen) atoms. The van der Waals surface area contributed by atoms with Crippen LogP contribution in [0, 0.1) is 5.92 Å². The maximum atomic E-state index is 11.7. The number of pyridine rings is 1. The van der Waals surface area contributed by atoms with E-state index in [4.69, 9.17) is 0 Å². The molecule has 0 unspecified atom stereocenters. The first kappa shape index (κ1) is 21.9. The molecule has 0 bridgehead atoms. The minimum atomic E-state index is -0.972. The van der Waals surface area contributed by atoms with Crippen LogP contribution in [-0.2, 0) is 11.3 Å². The van der Waals surface area contributed by atoms with Crippen molar-refractivity contribution in [2.24, 2.45) is 5.92 Å². The number of carboxylic acids is 1. The number of rotatable bonds is 7. The van der Waals surface area contributed by atoms with Gasteiger partial charge >= 0.3 is 5.97 Å². The fourth-order valence-corrected chi connectivity index (χ4v) is 4.32. The van der Waals surface area contributed by atoms with Gasteiger partial charge in [0.2, 0.25) is 5.95 Å². The van der Waals surface area contributed by atoms with Gasteiger partial charge in [0, 0.05) is 32.0 Å². The first-order valence-electron chi connectivity index (χ1n) is 10.2. The Morgan fingerprint density at radius 3 is 2.78 bits per heavy atom. The van der Waals surface area contributed by atoms with Crippen LogP contribution < -0.4 is 15.5 Å². The van der Waals surface area contributed by atoms with E-state index in [0.717, 1.165) is 44.2 Å². The molecular formula is C21H22N6O4S. The molecule has 2 aliphatic rings. The molecule has 4 rings (SSSR count). The highest BCUT2D eigenvalue weighted by atomic mass is 32.2. The number of carbonyl (C=O) groups excluding carboxylic acids is 2. The summed E-state index contributed by atoms with van der Waals surface area (Å²) in [4.78, 5) is 49.8. The Kier molecular flexibility index (Phi) is 6.76. The average Bonchev–Trinajstić information content (AvgIpc) is 3.11. The summed E-state index contributed by atoms with van der Waals surface area (Å²) in [6.45, 7) is 2.78. The Labute approximate surface area is 188 Å². The number of hydrogen-bond acceptors (Lipinski definition) is 9. The summed E-state index contributed by atoms with van der Waals surface area (Å²) in [7, 11) is 0. The van der Waals surface area contributed by atoms with Crippen LogP contribution in [0.15, 0.2) is 35.5 Å². The van der Waals surface area contributed by atoms with Crippen molar-refractivity contribution in [2.45, 2.75) is 19.4 Å². The summed E-state index contributed by atoms with van der Waals surface area (Å²) in [5, 5.41) is 14.4. The topological polar surface area (TPSA) is 137 Å². The highest BCUT2D eigenvalue weighted by Gasteiger charge is 2.26. The molecule has 2 amide bonds. The second kappa shape index (κ2) is 9.88. The normalized spacial score (nSPS) is 18.2. The van der Waals surface area contributed by atoms with Crippen molar-refractivity contribution in [3.8, 4) is 0 Å². The SMILES string of the molecule is O=C1NC(=O)C(=Cc2ccnc(N3CCC(CNCc4ncccc4C(=O)O)CC3)n2)S1. The van der Waals surface area contributed by atoms with Crippen LogP contribution in [0.25, 0.3) is 6.08 Å². The zero-order valence-corrected chi connectivity index (χ0v) is 18.0. The minimum absolute atomic E-state index is 0.222. The predicted molar refractivity (Wildman–Crippen MR) is 119 cm³/mol. The van der Waals surface area contributed by atoms with Gasteiger partial charge in [-0.05, 0) is 61.3 Å². The van der Waals surface area contributed by atoms with Gasteiger partial charge in [0.25, 0.3) is 11.1 Å². The Morgan fingerprint density at radius 2 is 2.06 bits per heavy atom. The number of carbonyl (C=O) groups is 3. The van der Waals surface area contributed by atoms with E-state index < -0.39 is 11.9 Å². The van der Waals surface area contributed by atoms with Gasteiger partial charge in [-0.25, -0.2) is 14.8 Å². The van der Waals surface area contributed by atoms with Crippen LogP contribution in [0.2, 0.25) is 0 Å². The molecule has 0 saturated carbocycles. The van der Waals surface area contributed by atoms with Crippen molar-refractivity contribution in [2.75, 3.05) is 24.5 Å². The maximum Gasteiger partial charge on any atom is 0.337 e. The number of thioether (sulfide) groups is 1. The fourth-order valence-electron chi connectivity index (χ4n) is 3.66. The standard InChI is InChI=1S/C21H22N6O4S/c28-18-17(32-21(31)26-18)10-14-3-7-24-20(25-14)27-8-4-13(5-9-27)11-22-12-16-15(19(29)30)2-1-6-23-16/h1-3,6-7,10,13,22H,4-5,8-9,11-12H2,(H,29,30)(H,26,28,31). The van der Waals surface area contributed by atoms with E-state index in [0.29, 0.717) is 34.7 Å². The van der Waals surface area contributed by atoms with E-state index >= 15 is 0 Å². The lowest BCUT2D eigenvalue weighted by Crippen LogP contribution is -2.38. The second-order valence-electron chi connectivity index (χ2n) is 7.50. The molecule has 0 aromatic carbocycles. The molecular weight excluding hydrogens is 432 g/mol. The van der Waals surface area contributed by atoms with Crippen LogP contribution in [-0.4, -0.2) is 56.8 Å². The third-order valence-corrected chi connectivity index (χ3v) is 6.14.